The molecule has 34 heavy (non-hydrogen) atoms. The van der Waals surface area contributed by atoms with Gasteiger partial charge >= 0.3 is 13.1 Å². The van der Waals surface area contributed by atoms with Crippen molar-refractivity contribution in [3.63, 3.8) is 0 Å². The highest BCUT2D eigenvalue weighted by molar-refractivity contribution is 6.61. The Morgan fingerprint density at radius 1 is 1.21 bits per heavy atom. The third-order valence-electron chi connectivity index (χ3n) is 5.62. The smallest absolute Gasteiger partial charge is 0.423 e. The Morgan fingerprint density at radius 3 is 2.85 bits per heavy atom. The van der Waals surface area contributed by atoms with Crippen molar-refractivity contribution < 1.29 is 18.9 Å². The van der Waals surface area contributed by atoms with E-state index in [0.29, 0.717) is 29.9 Å². The van der Waals surface area contributed by atoms with E-state index in [0.717, 1.165) is 11.1 Å². The lowest BCUT2D eigenvalue weighted by molar-refractivity contribution is -0.117. The molecule has 0 spiro atoms. The van der Waals surface area contributed by atoms with Crippen molar-refractivity contribution in [3.05, 3.63) is 78.2 Å². The summed E-state index contributed by atoms with van der Waals surface area (Å²) in [5.41, 5.74) is 3.52. The number of hydrogen-bond donors (Lipinski definition) is 2. The van der Waals surface area contributed by atoms with Crippen LogP contribution in [0.25, 0.3) is 11.6 Å². The highest BCUT2D eigenvalue weighted by atomic mass is 16.5. The zero-order valence-electron chi connectivity index (χ0n) is 18.3. The van der Waals surface area contributed by atoms with Gasteiger partial charge in [0.15, 0.2) is 0 Å². The Balaban J connectivity index is 1.40. The molecule has 170 valence electrons. The van der Waals surface area contributed by atoms with Crippen LogP contribution in [0.3, 0.4) is 0 Å². The van der Waals surface area contributed by atoms with E-state index in [-0.39, 0.29) is 17.8 Å². The molecule has 0 saturated carbocycles. The normalized spacial score (nSPS) is 13.4. The monoisotopic (exact) mass is 456 g/mol. The van der Waals surface area contributed by atoms with Gasteiger partial charge in [-0.1, -0.05) is 41.5 Å². The lowest BCUT2D eigenvalue weighted by Gasteiger charge is -2.26. The fourth-order valence-corrected chi connectivity index (χ4v) is 3.77. The topological polar surface area (TPSA) is 126 Å². The van der Waals surface area contributed by atoms with Crippen LogP contribution in [0.15, 0.2) is 71.5 Å². The third-order valence-corrected chi connectivity index (χ3v) is 5.62. The summed E-state index contributed by atoms with van der Waals surface area (Å²) in [5.74, 6) is -0.0552. The number of likely N-dealkylation sites (N-methyl/N-ethyl adjacent to an activating group) is 1. The molecular formula is C23H21BN6O4. The standard InChI is InChI=1S/C23H21BN6O4/c1-30(23-29-28-22(34-23)19-13-25-9-10-26-19)20(11-15-5-3-2-4-6-15)21(31)27-17-8-7-16-14-33-24(32)18(16)12-17/h2-10,12-13,20,32H,11,14H2,1H3,(H,27,31)/t20-/m0/s1. The summed E-state index contributed by atoms with van der Waals surface area (Å²) in [4.78, 5) is 23.3. The number of hydrogen-bond acceptors (Lipinski definition) is 9. The van der Waals surface area contributed by atoms with Gasteiger partial charge in [0.05, 0.1) is 12.8 Å². The minimum absolute atomic E-state index is 0.175. The van der Waals surface area contributed by atoms with Crippen LogP contribution in [-0.4, -0.2) is 51.3 Å². The van der Waals surface area contributed by atoms with Gasteiger partial charge in [0.25, 0.3) is 5.89 Å². The summed E-state index contributed by atoms with van der Waals surface area (Å²) in [6.45, 7) is 0.343. The van der Waals surface area contributed by atoms with Crippen molar-refractivity contribution >= 4 is 30.2 Å². The Kier molecular flexibility index (Phi) is 6.02. The molecule has 0 radical (unpaired) electrons. The number of aromatic nitrogens is 4. The maximum atomic E-state index is 13.4. The first-order valence-electron chi connectivity index (χ1n) is 10.7. The molecule has 0 fully saturated rings. The van der Waals surface area contributed by atoms with Crippen molar-refractivity contribution in [1.29, 1.82) is 0 Å². The van der Waals surface area contributed by atoms with E-state index in [1.54, 1.807) is 30.3 Å². The van der Waals surface area contributed by atoms with Crippen LogP contribution in [0.4, 0.5) is 11.7 Å². The number of fused-ring (bicyclic) bond motifs is 1. The fraction of sp³-hybridized carbons (Fsp3) is 0.174. The maximum Gasteiger partial charge on any atom is 0.491 e. The van der Waals surface area contributed by atoms with Crippen LogP contribution in [-0.2, 0) is 22.5 Å². The van der Waals surface area contributed by atoms with Gasteiger partial charge in [-0.25, -0.2) is 4.98 Å². The molecule has 1 atom stereocenters. The molecule has 0 aliphatic carbocycles. The number of carbonyl (C=O) groups is 1. The highest BCUT2D eigenvalue weighted by Gasteiger charge is 2.30. The Hall–Kier alpha value is -4.09. The Bertz CT molecular complexity index is 1290. The van der Waals surface area contributed by atoms with Crippen LogP contribution in [0.2, 0.25) is 0 Å². The molecular weight excluding hydrogens is 435 g/mol. The first-order chi connectivity index (χ1) is 16.6. The maximum absolute atomic E-state index is 13.4. The predicted octanol–water partition coefficient (Wildman–Crippen LogP) is 1.43. The lowest BCUT2D eigenvalue weighted by Crippen LogP contribution is -2.44. The molecule has 2 aromatic heterocycles. The summed E-state index contributed by atoms with van der Waals surface area (Å²) in [5, 5.41) is 21.1. The third kappa shape index (κ3) is 4.52. The van der Waals surface area contributed by atoms with E-state index in [1.807, 2.05) is 36.4 Å². The minimum Gasteiger partial charge on any atom is -0.423 e. The van der Waals surface area contributed by atoms with Crippen molar-refractivity contribution in [3.8, 4) is 11.6 Å². The molecule has 11 heteroatoms. The Labute approximate surface area is 195 Å². The summed E-state index contributed by atoms with van der Waals surface area (Å²) < 4.78 is 11.0. The number of carbonyl (C=O) groups excluding carboxylic acids is 1. The number of nitrogens with one attached hydrogen (secondary N) is 1. The second-order valence-electron chi connectivity index (χ2n) is 7.86. The van der Waals surface area contributed by atoms with E-state index in [2.05, 4.69) is 25.5 Å². The number of benzene rings is 2. The summed E-state index contributed by atoms with van der Waals surface area (Å²) in [7, 11) is 0.731. The molecule has 1 aliphatic rings. The average molecular weight is 456 g/mol. The molecule has 0 unspecified atom stereocenters. The largest absolute Gasteiger partial charge is 0.491 e. The van der Waals surface area contributed by atoms with Crippen LogP contribution < -0.4 is 15.7 Å². The molecule has 2 aromatic carbocycles. The number of nitrogens with zero attached hydrogens (tertiary/aromatic N) is 5. The van der Waals surface area contributed by atoms with Gasteiger partial charge in [0, 0.05) is 31.5 Å². The highest BCUT2D eigenvalue weighted by Crippen LogP contribution is 2.23. The van der Waals surface area contributed by atoms with Gasteiger partial charge in [-0.05, 0) is 28.7 Å². The molecule has 0 saturated heterocycles. The summed E-state index contributed by atoms with van der Waals surface area (Å²) in [6.07, 6.45) is 5.02. The molecule has 3 heterocycles. The fourth-order valence-electron chi connectivity index (χ4n) is 3.77. The van der Waals surface area contributed by atoms with Crippen molar-refractivity contribution in [1.82, 2.24) is 20.2 Å². The zero-order valence-corrected chi connectivity index (χ0v) is 18.3. The minimum atomic E-state index is -0.993. The van der Waals surface area contributed by atoms with Crippen LogP contribution in [0, 0.1) is 0 Å². The molecule has 4 aromatic rings. The first kappa shape index (κ1) is 21.7. The van der Waals surface area contributed by atoms with E-state index >= 15 is 0 Å². The van der Waals surface area contributed by atoms with Gasteiger partial charge in [0.1, 0.15) is 11.7 Å². The molecule has 10 nitrogen and oxygen atoms in total. The van der Waals surface area contributed by atoms with Gasteiger partial charge in [-0.15, -0.1) is 5.10 Å². The van der Waals surface area contributed by atoms with Gasteiger partial charge < -0.3 is 24.3 Å². The molecule has 0 bridgehead atoms. The van der Waals surface area contributed by atoms with E-state index in [4.69, 9.17) is 9.07 Å². The summed E-state index contributed by atoms with van der Waals surface area (Å²) >= 11 is 0. The lowest BCUT2D eigenvalue weighted by atomic mass is 9.79. The summed E-state index contributed by atoms with van der Waals surface area (Å²) in [6, 6.07) is 14.5. The quantitative estimate of drug-likeness (QED) is 0.397. The van der Waals surface area contributed by atoms with Gasteiger partial charge in [0.2, 0.25) is 5.91 Å². The Morgan fingerprint density at radius 2 is 2.06 bits per heavy atom. The second-order valence-corrected chi connectivity index (χ2v) is 7.86. The van der Waals surface area contributed by atoms with Crippen molar-refractivity contribution in [2.45, 2.75) is 19.1 Å². The number of amides is 1. The molecule has 2 N–H and O–H groups in total. The first-order valence-corrected chi connectivity index (χ1v) is 10.7. The number of rotatable bonds is 7. The number of anilines is 2. The van der Waals surface area contributed by atoms with E-state index < -0.39 is 13.2 Å². The molecule has 5 rings (SSSR count). The van der Waals surface area contributed by atoms with Crippen molar-refractivity contribution in [2.24, 2.45) is 0 Å². The van der Waals surface area contributed by atoms with E-state index in [1.165, 1.54) is 12.4 Å². The van der Waals surface area contributed by atoms with Crippen molar-refractivity contribution in [2.75, 3.05) is 17.3 Å². The molecule has 1 aliphatic heterocycles. The van der Waals surface area contributed by atoms with Crippen LogP contribution >= 0.6 is 0 Å². The zero-order chi connectivity index (χ0) is 23.5. The van der Waals surface area contributed by atoms with E-state index in [9.17, 15) is 9.82 Å². The average Bonchev–Trinajstić information content (AvgIpc) is 3.51. The van der Waals surface area contributed by atoms with Gasteiger partial charge in [-0.3, -0.25) is 9.78 Å². The second kappa shape index (κ2) is 9.42. The SMILES string of the molecule is CN(c1nnc(-c2cnccn2)o1)[C@@H](Cc1ccccc1)C(=O)Nc1ccc2c(c1)B(O)OC2. The van der Waals surface area contributed by atoms with Crippen LogP contribution in [0.1, 0.15) is 11.1 Å². The molecule has 1 amide bonds. The van der Waals surface area contributed by atoms with Gasteiger partial charge in [-0.2, -0.15) is 0 Å². The van der Waals surface area contributed by atoms with Crippen LogP contribution in [0.5, 0.6) is 0 Å². The predicted molar refractivity (Wildman–Crippen MR) is 125 cm³/mol.